The molecule has 1 heterocycles. The number of ether oxygens (including phenoxy) is 1. The lowest BCUT2D eigenvalue weighted by Crippen LogP contribution is -1.98. The number of nitrogen functional groups attached to an aromatic ring is 1. The summed E-state index contributed by atoms with van der Waals surface area (Å²) in [5.74, 6) is 0.721. The van der Waals surface area contributed by atoms with Gasteiger partial charge in [-0.1, -0.05) is 12.1 Å². The number of nitrogens with two attached hydrogens (primary N) is 1. The first-order chi connectivity index (χ1) is 8.54. The Morgan fingerprint density at radius 2 is 2.11 bits per heavy atom. The van der Waals surface area contributed by atoms with E-state index in [0.717, 1.165) is 22.7 Å². The van der Waals surface area contributed by atoms with Crippen molar-refractivity contribution in [1.29, 1.82) is 0 Å². The number of carbonyl (C=O) groups excluding carboxylic acids is 1. The molecular weight excluding hydrogens is 228 g/mol. The van der Waals surface area contributed by atoms with E-state index in [4.69, 9.17) is 10.5 Å². The number of carbonyl (C=O) groups is 1. The Morgan fingerprint density at radius 3 is 2.67 bits per heavy atom. The molecule has 0 radical (unpaired) electrons. The summed E-state index contributed by atoms with van der Waals surface area (Å²) in [7, 11) is 1.61. The summed E-state index contributed by atoms with van der Waals surface area (Å²) >= 11 is 0. The van der Waals surface area contributed by atoms with E-state index in [0.29, 0.717) is 11.3 Å². The van der Waals surface area contributed by atoms with Gasteiger partial charge in [-0.3, -0.25) is 4.79 Å². The molecule has 0 atom stereocenters. The van der Waals surface area contributed by atoms with Crippen molar-refractivity contribution in [3.05, 3.63) is 35.5 Å². The number of nitrogens with one attached hydrogen (secondary N) is 1. The summed E-state index contributed by atoms with van der Waals surface area (Å²) in [6.45, 7) is 3.36. The molecule has 0 saturated heterocycles. The molecular formula is C14H16N2O2. The van der Waals surface area contributed by atoms with Crippen molar-refractivity contribution >= 4 is 11.5 Å². The lowest BCUT2D eigenvalue weighted by atomic mass is 10.1. The second-order valence-electron chi connectivity index (χ2n) is 4.20. The lowest BCUT2D eigenvalue weighted by molar-refractivity contribution is 0.101. The fourth-order valence-electron chi connectivity index (χ4n) is 2.10. The first-order valence-electron chi connectivity index (χ1n) is 5.68. The Kier molecular flexibility index (Phi) is 3.10. The van der Waals surface area contributed by atoms with Gasteiger partial charge in [0.25, 0.3) is 0 Å². The number of aryl methyl sites for hydroxylation is 1. The molecule has 0 amide bonds. The van der Waals surface area contributed by atoms with Gasteiger partial charge >= 0.3 is 0 Å². The van der Waals surface area contributed by atoms with Gasteiger partial charge < -0.3 is 15.5 Å². The molecule has 0 aliphatic heterocycles. The van der Waals surface area contributed by atoms with Crippen LogP contribution in [0.25, 0.3) is 11.3 Å². The van der Waals surface area contributed by atoms with Crippen molar-refractivity contribution in [2.24, 2.45) is 0 Å². The number of hydrogen-bond acceptors (Lipinski definition) is 3. The summed E-state index contributed by atoms with van der Waals surface area (Å²) in [6.07, 6.45) is 0. The minimum Gasteiger partial charge on any atom is -0.497 e. The smallest absolute Gasteiger partial charge is 0.163 e. The third-order valence-electron chi connectivity index (χ3n) is 2.94. The molecule has 94 valence electrons. The van der Waals surface area contributed by atoms with Gasteiger partial charge in [0, 0.05) is 11.3 Å². The maximum Gasteiger partial charge on any atom is 0.163 e. The predicted molar refractivity (Wildman–Crippen MR) is 71.9 cm³/mol. The molecule has 18 heavy (non-hydrogen) atoms. The highest BCUT2D eigenvalue weighted by molar-refractivity contribution is 6.03. The van der Waals surface area contributed by atoms with Crippen LogP contribution >= 0.6 is 0 Å². The van der Waals surface area contributed by atoms with Gasteiger partial charge in [-0.2, -0.15) is 0 Å². The Hall–Kier alpha value is -2.23. The van der Waals surface area contributed by atoms with Gasteiger partial charge in [0.05, 0.1) is 24.1 Å². The van der Waals surface area contributed by atoms with Crippen LogP contribution < -0.4 is 10.5 Å². The molecule has 0 unspecified atom stereocenters. The fraction of sp³-hybridized carbons (Fsp3) is 0.214. The molecule has 0 saturated carbocycles. The highest BCUT2D eigenvalue weighted by Crippen LogP contribution is 2.32. The third-order valence-corrected chi connectivity index (χ3v) is 2.94. The molecule has 4 nitrogen and oxygen atoms in total. The molecule has 0 spiro atoms. The van der Waals surface area contributed by atoms with Crippen molar-refractivity contribution in [3.8, 4) is 17.0 Å². The number of benzene rings is 1. The Morgan fingerprint density at radius 1 is 1.39 bits per heavy atom. The number of ketones is 1. The second-order valence-corrected chi connectivity index (χ2v) is 4.20. The van der Waals surface area contributed by atoms with Crippen LogP contribution in [0.15, 0.2) is 24.3 Å². The number of aromatic nitrogens is 1. The highest BCUT2D eigenvalue weighted by Gasteiger charge is 2.17. The van der Waals surface area contributed by atoms with E-state index in [-0.39, 0.29) is 5.78 Å². The largest absolute Gasteiger partial charge is 0.497 e. The molecule has 4 heteroatoms. The SMILES string of the molecule is COc1cccc(-c2[nH]c(C)c(C(C)=O)c2N)c1. The van der Waals surface area contributed by atoms with Gasteiger partial charge in [-0.25, -0.2) is 0 Å². The Labute approximate surface area is 106 Å². The van der Waals surface area contributed by atoms with Crippen molar-refractivity contribution < 1.29 is 9.53 Å². The van der Waals surface area contributed by atoms with Crippen LogP contribution in [0.2, 0.25) is 0 Å². The first kappa shape index (κ1) is 12.2. The summed E-state index contributed by atoms with van der Waals surface area (Å²) in [5, 5.41) is 0. The Bertz CT molecular complexity index is 600. The molecule has 3 N–H and O–H groups in total. The summed E-state index contributed by atoms with van der Waals surface area (Å²) in [6, 6.07) is 7.55. The van der Waals surface area contributed by atoms with Crippen LogP contribution in [-0.2, 0) is 0 Å². The Balaban J connectivity index is 2.57. The van der Waals surface area contributed by atoms with Gasteiger partial charge in [0.1, 0.15) is 5.75 Å². The maximum absolute atomic E-state index is 11.5. The zero-order valence-electron chi connectivity index (χ0n) is 10.7. The topological polar surface area (TPSA) is 68.1 Å². The number of aromatic amines is 1. The van der Waals surface area contributed by atoms with Gasteiger partial charge in [0.2, 0.25) is 0 Å². The number of rotatable bonds is 3. The molecule has 0 aliphatic rings. The number of hydrogen-bond donors (Lipinski definition) is 2. The van der Waals surface area contributed by atoms with Crippen LogP contribution in [0.4, 0.5) is 5.69 Å². The maximum atomic E-state index is 11.5. The van der Waals surface area contributed by atoms with E-state index >= 15 is 0 Å². The monoisotopic (exact) mass is 244 g/mol. The van der Waals surface area contributed by atoms with Crippen molar-refractivity contribution in [2.75, 3.05) is 12.8 Å². The average molecular weight is 244 g/mol. The summed E-state index contributed by atoms with van der Waals surface area (Å²) < 4.78 is 5.18. The standard InChI is InChI=1S/C14H16N2O2/c1-8-12(9(2)17)13(15)14(16-8)10-5-4-6-11(7-10)18-3/h4-7,16H,15H2,1-3H3. The number of methoxy groups -OCH3 is 1. The van der Waals surface area contributed by atoms with Gasteiger partial charge in [-0.05, 0) is 26.0 Å². The average Bonchev–Trinajstić information content (AvgIpc) is 2.65. The normalized spacial score (nSPS) is 10.4. The minimum atomic E-state index is -0.0320. The number of H-pyrrole nitrogens is 1. The van der Waals surface area contributed by atoms with E-state index in [9.17, 15) is 4.79 Å². The van der Waals surface area contributed by atoms with E-state index in [1.54, 1.807) is 7.11 Å². The van der Waals surface area contributed by atoms with E-state index in [1.165, 1.54) is 6.92 Å². The van der Waals surface area contributed by atoms with Crippen molar-refractivity contribution in [1.82, 2.24) is 4.98 Å². The zero-order valence-corrected chi connectivity index (χ0v) is 10.7. The van der Waals surface area contributed by atoms with Crippen LogP contribution in [-0.4, -0.2) is 17.9 Å². The van der Waals surface area contributed by atoms with E-state index in [1.807, 2.05) is 31.2 Å². The summed E-state index contributed by atoms with van der Waals surface area (Å²) in [4.78, 5) is 14.7. The highest BCUT2D eigenvalue weighted by atomic mass is 16.5. The van der Waals surface area contributed by atoms with Crippen LogP contribution in [0.3, 0.4) is 0 Å². The summed E-state index contributed by atoms with van der Waals surface area (Å²) in [5.41, 5.74) is 9.55. The molecule has 1 aromatic carbocycles. The van der Waals surface area contributed by atoms with Crippen LogP contribution in [0.5, 0.6) is 5.75 Å². The van der Waals surface area contributed by atoms with E-state index < -0.39 is 0 Å². The van der Waals surface area contributed by atoms with E-state index in [2.05, 4.69) is 4.98 Å². The van der Waals surface area contributed by atoms with Crippen LogP contribution in [0, 0.1) is 6.92 Å². The molecule has 0 aliphatic carbocycles. The second kappa shape index (κ2) is 4.56. The molecule has 2 aromatic rings. The van der Waals surface area contributed by atoms with Crippen molar-refractivity contribution in [2.45, 2.75) is 13.8 Å². The quantitative estimate of drug-likeness (QED) is 0.816. The number of anilines is 1. The molecule has 0 bridgehead atoms. The molecule has 1 aromatic heterocycles. The zero-order chi connectivity index (χ0) is 13.3. The van der Waals surface area contributed by atoms with Crippen LogP contribution in [0.1, 0.15) is 23.0 Å². The fourth-order valence-corrected chi connectivity index (χ4v) is 2.10. The van der Waals surface area contributed by atoms with Crippen molar-refractivity contribution in [3.63, 3.8) is 0 Å². The third kappa shape index (κ3) is 1.97. The minimum absolute atomic E-state index is 0.0320. The van der Waals surface area contributed by atoms with Gasteiger partial charge in [-0.15, -0.1) is 0 Å². The molecule has 2 rings (SSSR count). The predicted octanol–water partition coefficient (Wildman–Crippen LogP) is 2.78. The first-order valence-corrected chi connectivity index (χ1v) is 5.68. The van der Waals surface area contributed by atoms with Gasteiger partial charge in [0.15, 0.2) is 5.78 Å². The lowest BCUT2D eigenvalue weighted by Gasteiger charge is -2.04. The number of Topliss-reactive ketones (excluding diaryl/α,β-unsaturated/α-hetero) is 1. The molecule has 0 fully saturated rings.